The van der Waals surface area contributed by atoms with Crippen molar-refractivity contribution in [1.29, 1.82) is 0 Å². The molecule has 2 N–H and O–H groups in total. The number of hydrogen-bond donors (Lipinski definition) is 1. The third kappa shape index (κ3) is 1.72. The average molecular weight is 321 g/mol. The molecule has 100 valence electrons. The van der Waals surface area contributed by atoms with Gasteiger partial charge >= 0.3 is 0 Å². The number of imidazole rings is 2. The Balaban J connectivity index is 2.42. The van der Waals surface area contributed by atoms with Gasteiger partial charge in [-0.1, -0.05) is 19.9 Å². The number of hydrogen-bond acceptors (Lipinski definition) is 2. The van der Waals surface area contributed by atoms with Gasteiger partial charge in [-0.25, -0.2) is 4.98 Å². The summed E-state index contributed by atoms with van der Waals surface area (Å²) in [7, 11) is 2.00. The summed E-state index contributed by atoms with van der Waals surface area (Å²) in [6.07, 6.45) is 0. The number of fused-ring (bicyclic) bond motifs is 3. The molecule has 2 aromatic heterocycles. The fourth-order valence-electron chi connectivity index (χ4n) is 2.47. The number of nitrogens with zero attached hydrogens (tertiary/aromatic N) is 3. The molecular formula is C14H17BrN4. The van der Waals surface area contributed by atoms with Crippen LogP contribution in [0.25, 0.3) is 16.8 Å². The van der Waals surface area contributed by atoms with Crippen molar-refractivity contribution in [1.82, 2.24) is 14.0 Å². The second-order valence-electron chi connectivity index (χ2n) is 5.15. The molecule has 5 heteroatoms. The second kappa shape index (κ2) is 4.35. The fraction of sp³-hybridized carbons (Fsp3) is 0.357. The molecule has 0 spiro atoms. The Labute approximate surface area is 120 Å². The van der Waals surface area contributed by atoms with Gasteiger partial charge in [0.15, 0.2) is 0 Å². The van der Waals surface area contributed by atoms with Crippen molar-refractivity contribution in [2.45, 2.75) is 26.3 Å². The summed E-state index contributed by atoms with van der Waals surface area (Å²) in [5, 5.41) is 0. The van der Waals surface area contributed by atoms with Crippen molar-refractivity contribution >= 4 is 32.7 Å². The molecule has 19 heavy (non-hydrogen) atoms. The van der Waals surface area contributed by atoms with E-state index in [1.807, 2.05) is 11.6 Å². The molecule has 0 saturated carbocycles. The molecule has 4 nitrogen and oxygen atoms in total. The lowest BCUT2D eigenvalue weighted by Crippen LogP contribution is -2.04. The van der Waals surface area contributed by atoms with Gasteiger partial charge in [-0.3, -0.25) is 4.40 Å². The van der Waals surface area contributed by atoms with Crippen molar-refractivity contribution in [2.24, 2.45) is 12.8 Å². The Morgan fingerprint density at radius 2 is 2.11 bits per heavy atom. The number of halogens is 1. The smallest absolute Gasteiger partial charge is 0.215 e. The Morgan fingerprint density at radius 1 is 1.37 bits per heavy atom. The van der Waals surface area contributed by atoms with Gasteiger partial charge in [0.2, 0.25) is 5.78 Å². The highest BCUT2D eigenvalue weighted by Crippen LogP contribution is 2.28. The monoisotopic (exact) mass is 320 g/mol. The van der Waals surface area contributed by atoms with E-state index in [4.69, 9.17) is 5.73 Å². The lowest BCUT2D eigenvalue weighted by Gasteiger charge is -2.05. The standard InChI is InChI=1S/C14H17BrN4/c1-8(2)9-4-5-10-11(6-9)19-13(15)12(7-16)18(3)14(19)17-10/h4-6,8H,7,16H2,1-3H3. The van der Waals surface area contributed by atoms with Crippen LogP contribution in [0, 0.1) is 0 Å². The Kier molecular flexibility index (Phi) is 2.91. The van der Waals surface area contributed by atoms with E-state index in [-0.39, 0.29) is 0 Å². The predicted molar refractivity (Wildman–Crippen MR) is 81.3 cm³/mol. The van der Waals surface area contributed by atoms with Crippen LogP contribution < -0.4 is 5.73 Å². The number of aryl methyl sites for hydroxylation is 1. The van der Waals surface area contributed by atoms with Crippen LogP contribution in [0.5, 0.6) is 0 Å². The van der Waals surface area contributed by atoms with Gasteiger partial charge in [0.05, 0.1) is 16.7 Å². The SMILES string of the molecule is CC(C)c1ccc2nc3n(C)c(CN)c(Br)n3c2c1. The highest BCUT2D eigenvalue weighted by atomic mass is 79.9. The zero-order valence-electron chi connectivity index (χ0n) is 11.3. The van der Waals surface area contributed by atoms with Crippen molar-refractivity contribution in [3.63, 3.8) is 0 Å². The number of aromatic nitrogens is 3. The second-order valence-corrected chi connectivity index (χ2v) is 5.90. The molecule has 0 amide bonds. The Bertz CT molecular complexity index is 767. The van der Waals surface area contributed by atoms with Crippen LogP contribution in [0.15, 0.2) is 22.8 Å². The number of benzene rings is 1. The lowest BCUT2D eigenvalue weighted by atomic mass is 10.0. The van der Waals surface area contributed by atoms with Crippen LogP contribution in [0.3, 0.4) is 0 Å². The maximum atomic E-state index is 5.80. The normalized spacial score (nSPS) is 12.1. The van der Waals surface area contributed by atoms with E-state index < -0.39 is 0 Å². The summed E-state index contributed by atoms with van der Waals surface area (Å²) in [5.74, 6) is 1.43. The molecule has 0 aliphatic rings. The van der Waals surface area contributed by atoms with Crippen LogP contribution in [0.2, 0.25) is 0 Å². The van der Waals surface area contributed by atoms with Crippen molar-refractivity contribution in [2.75, 3.05) is 0 Å². The lowest BCUT2D eigenvalue weighted by molar-refractivity contribution is 0.836. The van der Waals surface area contributed by atoms with Gasteiger partial charge in [-0.05, 0) is 39.5 Å². The number of rotatable bonds is 2. The van der Waals surface area contributed by atoms with Crippen molar-refractivity contribution < 1.29 is 0 Å². The summed E-state index contributed by atoms with van der Waals surface area (Å²) >= 11 is 3.65. The van der Waals surface area contributed by atoms with E-state index in [9.17, 15) is 0 Å². The molecular weight excluding hydrogens is 304 g/mol. The molecule has 2 heterocycles. The first kappa shape index (κ1) is 12.7. The Hall–Kier alpha value is -1.33. The quantitative estimate of drug-likeness (QED) is 0.788. The molecule has 0 saturated heterocycles. The van der Waals surface area contributed by atoms with Gasteiger partial charge in [0.25, 0.3) is 0 Å². The first-order valence-electron chi connectivity index (χ1n) is 6.39. The maximum Gasteiger partial charge on any atom is 0.215 e. The summed E-state index contributed by atoms with van der Waals surface area (Å²) in [6.45, 7) is 4.89. The van der Waals surface area contributed by atoms with E-state index in [0.29, 0.717) is 12.5 Å². The topological polar surface area (TPSA) is 48.2 Å². The van der Waals surface area contributed by atoms with E-state index in [0.717, 1.165) is 27.1 Å². The minimum absolute atomic E-state index is 0.492. The molecule has 0 unspecified atom stereocenters. The van der Waals surface area contributed by atoms with Gasteiger partial charge < -0.3 is 10.3 Å². The highest BCUT2D eigenvalue weighted by molar-refractivity contribution is 9.10. The average Bonchev–Trinajstić information content (AvgIpc) is 2.86. The van der Waals surface area contributed by atoms with Gasteiger partial charge in [0, 0.05) is 13.6 Å². The predicted octanol–water partition coefficient (Wildman–Crippen LogP) is 3.17. The minimum atomic E-state index is 0.492. The molecule has 1 aromatic carbocycles. The molecule has 0 fully saturated rings. The van der Waals surface area contributed by atoms with Crippen LogP contribution >= 0.6 is 15.9 Å². The summed E-state index contributed by atoms with van der Waals surface area (Å²) < 4.78 is 5.17. The zero-order chi connectivity index (χ0) is 13.7. The third-order valence-electron chi connectivity index (χ3n) is 3.66. The van der Waals surface area contributed by atoms with Crippen LogP contribution in [0.4, 0.5) is 0 Å². The van der Waals surface area contributed by atoms with Crippen LogP contribution in [-0.2, 0) is 13.6 Å². The fourth-order valence-corrected chi connectivity index (χ4v) is 3.24. The van der Waals surface area contributed by atoms with Crippen molar-refractivity contribution in [3.8, 4) is 0 Å². The molecule has 0 atom stereocenters. The largest absolute Gasteiger partial charge is 0.325 e. The molecule has 3 aromatic rings. The zero-order valence-corrected chi connectivity index (χ0v) is 12.9. The van der Waals surface area contributed by atoms with Crippen molar-refractivity contribution in [3.05, 3.63) is 34.1 Å². The van der Waals surface area contributed by atoms with Gasteiger partial charge in [-0.2, -0.15) is 0 Å². The Morgan fingerprint density at radius 3 is 2.74 bits per heavy atom. The molecule has 0 aliphatic carbocycles. The third-order valence-corrected chi connectivity index (χ3v) is 4.47. The number of nitrogens with two attached hydrogens (primary N) is 1. The van der Waals surface area contributed by atoms with Crippen LogP contribution in [0.1, 0.15) is 31.0 Å². The summed E-state index contributed by atoms with van der Waals surface area (Å²) in [4.78, 5) is 4.68. The maximum absolute atomic E-state index is 5.80. The van der Waals surface area contributed by atoms with Gasteiger partial charge in [-0.15, -0.1) is 0 Å². The molecule has 0 radical (unpaired) electrons. The first-order valence-corrected chi connectivity index (χ1v) is 7.19. The summed E-state index contributed by atoms with van der Waals surface area (Å²) in [6, 6.07) is 6.45. The van der Waals surface area contributed by atoms with Crippen LogP contribution in [-0.4, -0.2) is 14.0 Å². The minimum Gasteiger partial charge on any atom is -0.325 e. The van der Waals surface area contributed by atoms with Gasteiger partial charge in [0.1, 0.15) is 4.60 Å². The molecule has 0 bridgehead atoms. The van der Waals surface area contributed by atoms with E-state index in [1.165, 1.54) is 5.56 Å². The molecule has 3 rings (SSSR count). The van der Waals surface area contributed by atoms with E-state index >= 15 is 0 Å². The summed E-state index contributed by atoms with van der Waals surface area (Å²) in [5.41, 5.74) is 10.3. The van der Waals surface area contributed by atoms with E-state index in [2.05, 4.69) is 57.4 Å². The highest BCUT2D eigenvalue weighted by Gasteiger charge is 2.17. The van der Waals surface area contributed by atoms with E-state index in [1.54, 1.807) is 0 Å². The molecule has 0 aliphatic heterocycles. The first-order chi connectivity index (χ1) is 9.04.